The molecule has 0 atom stereocenters. The molecule has 1 rings (SSSR count). The summed E-state index contributed by atoms with van der Waals surface area (Å²) in [6.45, 7) is -2.63. The van der Waals surface area contributed by atoms with E-state index in [-0.39, 0.29) is 24.6 Å². The van der Waals surface area contributed by atoms with Crippen LogP contribution in [0.2, 0.25) is 0 Å². The van der Waals surface area contributed by atoms with Gasteiger partial charge in [0, 0.05) is 24.7 Å². The van der Waals surface area contributed by atoms with E-state index < -0.39 is 18.8 Å². The highest BCUT2D eigenvalue weighted by Crippen LogP contribution is 2.27. The van der Waals surface area contributed by atoms with Gasteiger partial charge in [-0.1, -0.05) is 6.07 Å². The standard InChI is InChI=1S/C13H17F4NO3/c1-13(2,19)7-18-6-8-3-4-9(20-11(14)15)5-10(8)21-12(16)17/h3-5,11-12,18-19H,6-7H2,1-2H3. The van der Waals surface area contributed by atoms with Crippen LogP contribution in [0.25, 0.3) is 0 Å². The number of aliphatic hydroxyl groups is 1. The Bertz CT molecular complexity index is 450. The van der Waals surface area contributed by atoms with E-state index in [0.29, 0.717) is 5.56 Å². The van der Waals surface area contributed by atoms with Crippen molar-refractivity contribution < 1.29 is 32.1 Å². The summed E-state index contributed by atoms with van der Waals surface area (Å²) in [7, 11) is 0. The van der Waals surface area contributed by atoms with Gasteiger partial charge in [0.1, 0.15) is 11.5 Å². The van der Waals surface area contributed by atoms with Crippen LogP contribution < -0.4 is 14.8 Å². The summed E-state index contributed by atoms with van der Waals surface area (Å²) in [4.78, 5) is 0. The van der Waals surface area contributed by atoms with Gasteiger partial charge in [-0.15, -0.1) is 0 Å². The first-order valence-electron chi connectivity index (χ1n) is 6.13. The van der Waals surface area contributed by atoms with Gasteiger partial charge in [-0.25, -0.2) is 0 Å². The fourth-order valence-electron chi connectivity index (χ4n) is 1.57. The number of ether oxygens (including phenoxy) is 2. The van der Waals surface area contributed by atoms with Gasteiger partial charge in [-0.2, -0.15) is 17.6 Å². The van der Waals surface area contributed by atoms with Gasteiger partial charge in [0.25, 0.3) is 0 Å². The van der Waals surface area contributed by atoms with Crippen LogP contribution in [0.5, 0.6) is 11.5 Å². The lowest BCUT2D eigenvalue weighted by Crippen LogP contribution is -2.34. The molecule has 120 valence electrons. The number of benzene rings is 1. The third-order valence-corrected chi connectivity index (χ3v) is 2.35. The van der Waals surface area contributed by atoms with Crippen molar-refractivity contribution in [2.45, 2.75) is 39.2 Å². The van der Waals surface area contributed by atoms with Gasteiger partial charge in [0.15, 0.2) is 0 Å². The van der Waals surface area contributed by atoms with Crippen molar-refractivity contribution in [1.82, 2.24) is 5.32 Å². The van der Waals surface area contributed by atoms with E-state index in [9.17, 15) is 22.7 Å². The molecule has 0 amide bonds. The van der Waals surface area contributed by atoms with Crippen molar-refractivity contribution in [2.24, 2.45) is 0 Å². The largest absolute Gasteiger partial charge is 0.435 e. The lowest BCUT2D eigenvalue weighted by atomic mass is 10.1. The molecule has 2 N–H and O–H groups in total. The molecule has 0 unspecified atom stereocenters. The van der Waals surface area contributed by atoms with Gasteiger partial charge >= 0.3 is 13.2 Å². The minimum Gasteiger partial charge on any atom is -0.435 e. The second-order valence-corrected chi connectivity index (χ2v) is 4.94. The normalized spacial score (nSPS) is 12.0. The monoisotopic (exact) mass is 311 g/mol. The number of rotatable bonds is 8. The highest BCUT2D eigenvalue weighted by atomic mass is 19.3. The molecule has 0 saturated carbocycles. The highest BCUT2D eigenvalue weighted by molar-refractivity contribution is 5.40. The molecule has 0 aliphatic carbocycles. The smallest absolute Gasteiger partial charge is 0.387 e. The van der Waals surface area contributed by atoms with E-state index in [1.807, 2.05) is 0 Å². The summed E-state index contributed by atoms with van der Waals surface area (Å²) in [6.07, 6.45) is 0. The Hall–Kier alpha value is -1.54. The highest BCUT2D eigenvalue weighted by Gasteiger charge is 2.15. The number of alkyl halides is 4. The summed E-state index contributed by atoms with van der Waals surface area (Å²) in [6, 6.07) is 3.54. The second-order valence-electron chi connectivity index (χ2n) is 4.94. The maximum atomic E-state index is 12.3. The summed E-state index contributed by atoms with van der Waals surface area (Å²) in [5, 5.41) is 12.4. The van der Waals surface area contributed by atoms with Crippen LogP contribution in [0, 0.1) is 0 Å². The van der Waals surface area contributed by atoms with Crippen LogP contribution in [0.15, 0.2) is 18.2 Å². The van der Waals surface area contributed by atoms with Crippen molar-refractivity contribution in [3.63, 3.8) is 0 Å². The molecule has 21 heavy (non-hydrogen) atoms. The number of nitrogens with one attached hydrogen (secondary N) is 1. The molecule has 1 aromatic rings. The zero-order valence-electron chi connectivity index (χ0n) is 11.6. The molecule has 1 aromatic carbocycles. The van der Waals surface area contributed by atoms with E-state index in [2.05, 4.69) is 14.8 Å². The van der Waals surface area contributed by atoms with Crippen LogP contribution in [0.3, 0.4) is 0 Å². The van der Waals surface area contributed by atoms with Crippen molar-refractivity contribution in [3.8, 4) is 11.5 Å². The average molecular weight is 311 g/mol. The molecule has 0 spiro atoms. The van der Waals surface area contributed by atoms with Crippen LogP contribution in [0.1, 0.15) is 19.4 Å². The average Bonchev–Trinajstić information content (AvgIpc) is 2.28. The zero-order chi connectivity index (χ0) is 16.0. The number of hydrogen-bond donors (Lipinski definition) is 2. The predicted molar refractivity (Wildman–Crippen MR) is 67.7 cm³/mol. The van der Waals surface area contributed by atoms with Gasteiger partial charge in [-0.3, -0.25) is 0 Å². The van der Waals surface area contributed by atoms with Gasteiger partial charge in [0.05, 0.1) is 5.60 Å². The summed E-state index contributed by atoms with van der Waals surface area (Å²) in [5.41, 5.74) is -0.635. The zero-order valence-corrected chi connectivity index (χ0v) is 11.6. The van der Waals surface area contributed by atoms with Crippen molar-refractivity contribution in [1.29, 1.82) is 0 Å². The van der Waals surface area contributed by atoms with E-state index in [1.165, 1.54) is 12.1 Å². The third-order valence-electron chi connectivity index (χ3n) is 2.35. The number of halogens is 4. The van der Waals surface area contributed by atoms with E-state index in [4.69, 9.17) is 0 Å². The first-order chi connectivity index (χ1) is 9.67. The van der Waals surface area contributed by atoms with Crippen LogP contribution in [-0.4, -0.2) is 30.5 Å². The molecule has 8 heteroatoms. The molecule has 0 aromatic heterocycles. The molecule has 4 nitrogen and oxygen atoms in total. The molecule has 0 fully saturated rings. The number of hydrogen-bond acceptors (Lipinski definition) is 4. The SMILES string of the molecule is CC(C)(O)CNCc1ccc(OC(F)F)cc1OC(F)F. The predicted octanol–water partition coefficient (Wildman–Crippen LogP) is 2.75. The Kier molecular flexibility index (Phi) is 6.22. The quantitative estimate of drug-likeness (QED) is 0.725. The lowest BCUT2D eigenvalue weighted by molar-refractivity contribution is -0.0547. The summed E-state index contributed by atoms with van der Waals surface area (Å²) >= 11 is 0. The molecular weight excluding hydrogens is 294 g/mol. The Balaban J connectivity index is 2.81. The molecule has 0 radical (unpaired) electrons. The Morgan fingerprint density at radius 1 is 1.14 bits per heavy atom. The maximum absolute atomic E-state index is 12.3. The van der Waals surface area contributed by atoms with Crippen molar-refractivity contribution >= 4 is 0 Å². The molecule has 0 aliphatic heterocycles. The first-order valence-corrected chi connectivity index (χ1v) is 6.13. The molecular formula is C13H17F4NO3. The van der Waals surface area contributed by atoms with E-state index in [1.54, 1.807) is 13.8 Å². The Morgan fingerprint density at radius 2 is 1.76 bits per heavy atom. The summed E-state index contributed by atoms with van der Waals surface area (Å²) in [5.74, 6) is -0.529. The third kappa shape index (κ3) is 7.14. The van der Waals surface area contributed by atoms with E-state index in [0.717, 1.165) is 6.07 Å². The van der Waals surface area contributed by atoms with Gasteiger partial charge in [-0.05, 0) is 19.9 Å². The van der Waals surface area contributed by atoms with Crippen molar-refractivity contribution in [2.75, 3.05) is 6.54 Å². The molecule has 0 bridgehead atoms. The van der Waals surface area contributed by atoms with Gasteiger partial charge in [0.2, 0.25) is 0 Å². The molecule has 0 heterocycles. The fourth-order valence-corrected chi connectivity index (χ4v) is 1.57. The maximum Gasteiger partial charge on any atom is 0.387 e. The fraction of sp³-hybridized carbons (Fsp3) is 0.538. The Labute approximate surface area is 119 Å². The van der Waals surface area contributed by atoms with Crippen molar-refractivity contribution in [3.05, 3.63) is 23.8 Å². The first kappa shape index (κ1) is 17.5. The summed E-state index contributed by atoms with van der Waals surface area (Å²) < 4.78 is 57.3. The second kappa shape index (κ2) is 7.46. The van der Waals surface area contributed by atoms with Crippen LogP contribution in [-0.2, 0) is 6.54 Å². The van der Waals surface area contributed by atoms with Crippen LogP contribution in [0.4, 0.5) is 17.6 Å². The Morgan fingerprint density at radius 3 is 2.29 bits per heavy atom. The minimum absolute atomic E-state index is 0.126. The van der Waals surface area contributed by atoms with Crippen LogP contribution >= 0.6 is 0 Å². The molecule has 0 saturated heterocycles. The topological polar surface area (TPSA) is 50.7 Å². The molecule has 0 aliphatic rings. The van der Waals surface area contributed by atoms with Gasteiger partial charge < -0.3 is 19.9 Å². The lowest BCUT2D eigenvalue weighted by Gasteiger charge is -2.19. The van der Waals surface area contributed by atoms with E-state index >= 15 is 0 Å². The minimum atomic E-state index is -3.08.